The SMILES string of the molecule is CC(C)=CCCC(C)/C=C/c1c(O)cc2c(c1O)C(=O)CC(c1ccc(O)c(O)c1)O2. The summed E-state index contributed by atoms with van der Waals surface area (Å²) in [7, 11) is 0. The number of phenols is 4. The smallest absolute Gasteiger partial charge is 0.174 e. The Morgan fingerprint density at radius 1 is 1.13 bits per heavy atom. The summed E-state index contributed by atoms with van der Waals surface area (Å²) in [5, 5.41) is 40.3. The topological polar surface area (TPSA) is 107 Å². The number of rotatable bonds is 6. The second-order valence-corrected chi connectivity index (χ2v) is 8.21. The summed E-state index contributed by atoms with van der Waals surface area (Å²) in [6.07, 6.45) is 6.82. The van der Waals surface area contributed by atoms with Gasteiger partial charge in [0.05, 0.1) is 12.0 Å². The summed E-state index contributed by atoms with van der Waals surface area (Å²) in [5.41, 5.74) is 1.99. The van der Waals surface area contributed by atoms with Crippen LogP contribution in [0.3, 0.4) is 0 Å². The van der Waals surface area contributed by atoms with E-state index in [0.717, 1.165) is 12.8 Å². The molecule has 1 aliphatic heterocycles. The number of aromatic hydroxyl groups is 4. The molecule has 0 fully saturated rings. The first kappa shape index (κ1) is 22.3. The first-order valence-corrected chi connectivity index (χ1v) is 10.3. The van der Waals surface area contributed by atoms with Crippen LogP contribution >= 0.6 is 0 Å². The molecule has 0 aromatic heterocycles. The Balaban J connectivity index is 1.84. The fourth-order valence-corrected chi connectivity index (χ4v) is 3.56. The zero-order valence-corrected chi connectivity index (χ0v) is 17.9. The van der Waals surface area contributed by atoms with Crippen LogP contribution in [0.2, 0.25) is 0 Å². The van der Waals surface area contributed by atoms with E-state index in [4.69, 9.17) is 4.74 Å². The average Bonchev–Trinajstić information content (AvgIpc) is 2.68. The molecule has 0 saturated carbocycles. The number of hydrogen-bond donors (Lipinski definition) is 4. The zero-order valence-electron chi connectivity index (χ0n) is 17.9. The van der Waals surface area contributed by atoms with Crippen LogP contribution in [-0.4, -0.2) is 26.2 Å². The molecule has 0 amide bonds. The van der Waals surface area contributed by atoms with Gasteiger partial charge in [-0.2, -0.15) is 0 Å². The normalized spacial score (nSPS) is 16.6. The van der Waals surface area contributed by atoms with E-state index in [1.807, 2.05) is 13.0 Å². The van der Waals surface area contributed by atoms with Gasteiger partial charge in [0.15, 0.2) is 17.3 Å². The summed E-state index contributed by atoms with van der Waals surface area (Å²) in [6.45, 7) is 6.16. The van der Waals surface area contributed by atoms with Crippen LogP contribution in [0.1, 0.15) is 67.6 Å². The molecule has 2 unspecified atom stereocenters. The molecule has 6 nitrogen and oxygen atoms in total. The van der Waals surface area contributed by atoms with Crippen LogP contribution < -0.4 is 4.74 Å². The van der Waals surface area contributed by atoms with Crippen molar-refractivity contribution in [3.05, 3.63) is 58.7 Å². The lowest BCUT2D eigenvalue weighted by atomic mass is 9.93. The number of carbonyl (C=O) groups excluding carboxylic acids is 1. The van der Waals surface area contributed by atoms with Gasteiger partial charge in [0.25, 0.3) is 0 Å². The van der Waals surface area contributed by atoms with E-state index < -0.39 is 6.10 Å². The molecule has 2 aromatic carbocycles. The molecule has 3 rings (SSSR count). The molecule has 4 N–H and O–H groups in total. The van der Waals surface area contributed by atoms with Crippen LogP contribution in [0.15, 0.2) is 42.0 Å². The van der Waals surface area contributed by atoms with Crippen molar-refractivity contribution in [1.82, 2.24) is 0 Å². The lowest BCUT2D eigenvalue weighted by Gasteiger charge is -2.27. The molecule has 1 aliphatic rings. The summed E-state index contributed by atoms with van der Waals surface area (Å²) in [4.78, 5) is 12.8. The molecule has 0 aliphatic carbocycles. The van der Waals surface area contributed by atoms with Crippen molar-refractivity contribution in [2.45, 2.75) is 46.1 Å². The highest BCUT2D eigenvalue weighted by atomic mass is 16.5. The van der Waals surface area contributed by atoms with E-state index in [9.17, 15) is 25.2 Å². The van der Waals surface area contributed by atoms with Crippen molar-refractivity contribution < 1.29 is 30.0 Å². The van der Waals surface area contributed by atoms with Gasteiger partial charge in [-0.3, -0.25) is 4.79 Å². The molecule has 2 atom stereocenters. The van der Waals surface area contributed by atoms with Crippen LogP contribution in [0.25, 0.3) is 6.08 Å². The highest BCUT2D eigenvalue weighted by Gasteiger charge is 2.32. The Kier molecular flexibility index (Phi) is 6.59. The molecule has 0 radical (unpaired) electrons. The maximum absolute atomic E-state index is 12.8. The third kappa shape index (κ3) is 5.02. The maximum atomic E-state index is 12.8. The second-order valence-electron chi connectivity index (χ2n) is 8.21. The zero-order chi connectivity index (χ0) is 22.7. The molecule has 2 aromatic rings. The number of Topliss-reactive ketones (excluding diaryl/α,β-unsaturated/α-hetero) is 1. The monoisotopic (exact) mass is 424 g/mol. The molecule has 0 bridgehead atoms. The fourth-order valence-electron chi connectivity index (χ4n) is 3.56. The third-order valence-electron chi connectivity index (χ3n) is 5.34. The minimum atomic E-state index is -0.707. The Bertz CT molecular complexity index is 1050. The number of carbonyl (C=O) groups is 1. The lowest BCUT2D eigenvalue weighted by molar-refractivity contribution is 0.0844. The first-order valence-electron chi connectivity index (χ1n) is 10.3. The van der Waals surface area contributed by atoms with Gasteiger partial charge in [0, 0.05) is 6.07 Å². The van der Waals surface area contributed by atoms with E-state index in [1.165, 1.54) is 23.8 Å². The summed E-state index contributed by atoms with van der Waals surface area (Å²) >= 11 is 0. The van der Waals surface area contributed by atoms with Gasteiger partial charge >= 0.3 is 0 Å². The van der Waals surface area contributed by atoms with E-state index in [-0.39, 0.29) is 58.0 Å². The van der Waals surface area contributed by atoms with Crippen LogP contribution in [-0.2, 0) is 0 Å². The average molecular weight is 424 g/mol. The summed E-state index contributed by atoms with van der Waals surface area (Å²) in [6, 6.07) is 5.51. The summed E-state index contributed by atoms with van der Waals surface area (Å²) in [5.74, 6) is -1.10. The van der Waals surface area contributed by atoms with Crippen LogP contribution in [0.4, 0.5) is 0 Å². The molecule has 1 heterocycles. The minimum Gasteiger partial charge on any atom is -0.507 e. The van der Waals surface area contributed by atoms with Crippen molar-refractivity contribution in [2.24, 2.45) is 5.92 Å². The van der Waals surface area contributed by atoms with Gasteiger partial charge in [-0.1, -0.05) is 36.8 Å². The Morgan fingerprint density at radius 3 is 2.55 bits per heavy atom. The van der Waals surface area contributed by atoms with Crippen molar-refractivity contribution in [1.29, 1.82) is 0 Å². The number of allylic oxidation sites excluding steroid dienone is 3. The predicted molar refractivity (Wildman–Crippen MR) is 119 cm³/mol. The number of benzene rings is 2. The molecule has 0 saturated heterocycles. The standard InChI is InChI=1S/C25H28O6/c1-14(2)5-4-6-15(3)7-9-17-19(27)12-23-24(25(17)30)21(29)13-22(31-23)16-8-10-18(26)20(28)11-16/h5,7-12,15,22,26-28,30H,4,6,13H2,1-3H3/b9-7+. The van der Waals surface area contributed by atoms with E-state index >= 15 is 0 Å². The van der Waals surface area contributed by atoms with Crippen molar-refractivity contribution >= 4 is 11.9 Å². The fraction of sp³-hybridized carbons (Fsp3) is 0.320. The first-order chi connectivity index (χ1) is 14.7. The van der Waals surface area contributed by atoms with E-state index in [0.29, 0.717) is 5.56 Å². The van der Waals surface area contributed by atoms with Crippen molar-refractivity contribution in [3.8, 4) is 28.7 Å². The molecule has 0 spiro atoms. The number of phenolic OH excluding ortho intramolecular Hbond substituents is 4. The van der Waals surface area contributed by atoms with Gasteiger partial charge in [0.2, 0.25) is 0 Å². The van der Waals surface area contributed by atoms with Crippen molar-refractivity contribution in [3.63, 3.8) is 0 Å². The Labute approximate surface area is 181 Å². The molecular formula is C25H28O6. The Hall–Kier alpha value is -3.41. The van der Waals surface area contributed by atoms with Gasteiger partial charge < -0.3 is 25.2 Å². The summed E-state index contributed by atoms with van der Waals surface area (Å²) < 4.78 is 5.84. The minimum absolute atomic E-state index is 0.0360. The van der Waals surface area contributed by atoms with Gasteiger partial charge in [-0.25, -0.2) is 0 Å². The highest BCUT2D eigenvalue weighted by molar-refractivity contribution is 6.04. The third-order valence-corrected chi connectivity index (χ3v) is 5.34. The van der Waals surface area contributed by atoms with Crippen LogP contribution in [0, 0.1) is 5.92 Å². The number of ether oxygens (including phenoxy) is 1. The van der Waals surface area contributed by atoms with Crippen molar-refractivity contribution in [2.75, 3.05) is 0 Å². The predicted octanol–water partition coefficient (Wildman–Crippen LogP) is 5.61. The quantitative estimate of drug-likeness (QED) is 0.355. The van der Waals surface area contributed by atoms with Crippen LogP contribution in [0.5, 0.6) is 28.7 Å². The van der Waals surface area contributed by atoms with E-state index in [2.05, 4.69) is 19.9 Å². The van der Waals surface area contributed by atoms with E-state index in [1.54, 1.807) is 12.1 Å². The number of ketones is 1. The Morgan fingerprint density at radius 2 is 1.87 bits per heavy atom. The van der Waals surface area contributed by atoms with Gasteiger partial charge in [0.1, 0.15) is 28.9 Å². The second kappa shape index (κ2) is 9.16. The maximum Gasteiger partial charge on any atom is 0.174 e. The molecular weight excluding hydrogens is 396 g/mol. The molecule has 164 valence electrons. The number of hydrogen-bond acceptors (Lipinski definition) is 6. The van der Waals surface area contributed by atoms with Gasteiger partial charge in [-0.05, 0) is 50.3 Å². The largest absolute Gasteiger partial charge is 0.507 e. The number of fused-ring (bicyclic) bond motifs is 1. The highest BCUT2D eigenvalue weighted by Crippen LogP contribution is 2.45. The lowest BCUT2D eigenvalue weighted by Crippen LogP contribution is -2.20. The molecule has 31 heavy (non-hydrogen) atoms. The molecule has 6 heteroatoms. The van der Waals surface area contributed by atoms with Gasteiger partial charge in [-0.15, -0.1) is 0 Å².